The summed E-state index contributed by atoms with van der Waals surface area (Å²) in [5.41, 5.74) is 1.15. The summed E-state index contributed by atoms with van der Waals surface area (Å²) in [6, 6.07) is 0. The highest BCUT2D eigenvalue weighted by atomic mass is 32.1. The number of imidazole rings is 1. The molecule has 2 aromatic rings. The molecule has 0 spiro atoms. The lowest BCUT2D eigenvalue weighted by atomic mass is 10.4. The molecule has 0 aromatic carbocycles. The highest BCUT2D eigenvalue weighted by Crippen LogP contribution is 2.13. The van der Waals surface area contributed by atoms with E-state index in [-0.39, 0.29) is 5.69 Å². The Hall–Kier alpha value is -1.69. The molecule has 0 saturated heterocycles. The summed E-state index contributed by atoms with van der Waals surface area (Å²) in [5.74, 6) is -0.279. The number of aryl methyl sites for hydroxylation is 2. The minimum atomic E-state index is -0.964. The van der Waals surface area contributed by atoms with Crippen molar-refractivity contribution in [3.63, 3.8) is 0 Å². The van der Waals surface area contributed by atoms with Crippen LogP contribution in [0.15, 0.2) is 11.6 Å². The average molecular weight is 237 g/mol. The Morgan fingerprint density at radius 1 is 1.56 bits per heavy atom. The molecule has 0 atom stereocenters. The second-order valence-electron chi connectivity index (χ2n) is 3.46. The first-order valence-corrected chi connectivity index (χ1v) is 5.62. The summed E-state index contributed by atoms with van der Waals surface area (Å²) < 4.78 is 1.65. The molecule has 84 valence electrons. The molecule has 0 aliphatic rings. The van der Waals surface area contributed by atoms with Crippen molar-refractivity contribution >= 4 is 17.3 Å². The van der Waals surface area contributed by atoms with Gasteiger partial charge in [0.05, 0.1) is 12.7 Å². The highest BCUT2D eigenvalue weighted by molar-refractivity contribution is 7.09. The Morgan fingerprint density at radius 3 is 2.88 bits per heavy atom. The first-order valence-electron chi connectivity index (χ1n) is 4.74. The summed E-state index contributed by atoms with van der Waals surface area (Å²) in [6.07, 6.45) is 1.37. The van der Waals surface area contributed by atoms with E-state index in [0.717, 1.165) is 10.7 Å². The summed E-state index contributed by atoms with van der Waals surface area (Å²) in [5, 5.41) is 11.8. The van der Waals surface area contributed by atoms with Gasteiger partial charge < -0.3 is 9.67 Å². The minimum absolute atomic E-state index is 0.199. The quantitative estimate of drug-likeness (QED) is 0.882. The maximum Gasteiger partial charge on any atom is 0.354 e. The van der Waals surface area contributed by atoms with Crippen molar-refractivity contribution in [2.75, 3.05) is 0 Å². The number of aromatic nitrogens is 3. The van der Waals surface area contributed by atoms with E-state index < -0.39 is 5.97 Å². The maximum atomic E-state index is 11.0. The van der Waals surface area contributed by atoms with E-state index in [0.29, 0.717) is 12.4 Å². The van der Waals surface area contributed by atoms with Crippen LogP contribution in [0.3, 0.4) is 0 Å². The van der Waals surface area contributed by atoms with Crippen molar-refractivity contribution in [2.24, 2.45) is 0 Å². The molecule has 2 rings (SSSR count). The molecule has 2 aromatic heterocycles. The van der Waals surface area contributed by atoms with E-state index in [4.69, 9.17) is 5.11 Å². The molecule has 2 heterocycles. The third-order valence-electron chi connectivity index (χ3n) is 2.23. The van der Waals surface area contributed by atoms with Crippen LogP contribution in [0.2, 0.25) is 0 Å². The number of carboxylic acids is 1. The Kier molecular flexibility index (Phi) is 2.74. The van der Waals surface area contributed by atoms with Gasteiger partial charge in [-0.2, -0.15) is 0 Å². The van der Waals surface area contributed by atoms with Crippen molar-refractivity contribution in [1.29, 1.82) is 0 Å². The first kappa shape index (κ1) is 10.8. The van der Waals surface area contributed by atoms with Gasteiger partial charge in [0.25, 0.3) is 0 Å². The van der Waals surface area contributed by atoms with Crippen LogP contribution in [0, 0.1) is 13.8 Å². The van der Waals surface area contributed by atoms with Gasteiger partial charge in [0, 0.05) is 11.1 Å². The zero-order valence-corrected chi connectivity index (χ0v) is 9.78. The topological polar surface area (TPSA) is 68.0 Å². The molecule has 0 fully saturated rings. The number of nitrogens with zero attached hydrogens (tertiary/aromatic N) is 3. The second-order valence-corrected chi connectivity index (χ2v) is 4.41. The minimum Gasteiger partial charge on any atom is -0.477 e. The third-order valence-corrected chi connectivity index (χ3v) is 3.19. The van der Waals surface area contributed by atoms with Gasteiger partial charge in [0.1, 0.15) is 16.5 Å². The zero-order valence-electron chi connectivity index (χ0n) is 8.97. The van der Waals surface area contributed by atoms with E-state index in [1.165, 1.54) is 17.5 Å². The number of aromatic carboxylic acids is 1. The summed E-state index contributed by atoms with van der Waals surface area (Å²) >= 11 is 1.52. The Bertz CT molecular complexity index is 530. The zero-order chi connectivity index (χ0) is 11.7. The van der Waals surface area contributed by atoms with Crippen LogP contribution in [0.5, 0.6) is 0 Å². The molecule has 0 aliphatic carbocycles. The molecule has 0 radical (unpaired) electrons. The maximum absolute atomic E-state index is 11.0. The van der Waals surface area contributed by atoms with Crippen LogP contribution in [-0.2, 0) is 6.54 Å². The molecule has 0 amide bonds. The van der Waals surface area contributed by atoms with Crippen LogP contribution in [0.1, 0.15) is 27.0 Å². The van der Waals surface area contributed by atoms with Gasteiger partial charge in [-0.15, -0.1) is 11.3 Å². The van der Waals surface area contributed by atoms with Gasteiger partial charge in [-0.05, 0) is 13.8 Å². The van der Waals surface area contributed by atoms with Gasteiger partial charge in [-0.3, -0.25) is 0 Å². The Labute approximate surface area is 96.4 Å². The number of carbonyl (C=O) groups is 1. The van der Waals surface area contributed by atoms with Crippen molar-refractivity contribution in [2.45, 2.75) is 20.4 Å². The summed E-state index contributed by atoms with van der Waals surface area (Å²) in [6.45, 7) is 4.16. The van der Waals surface area contributed by atoms with E-state index in [2.05, 4.69) is 9.97 Å². The molecular formula is C10H11N3O2S. The van der Waals surface area contributed by atoms with Crippen LogP contribution < -0.4 is 0 Å². The molecule has 0 aliphatic heterocycles. The van der Waals surface area contributed by atoms with E-state index >= 15 is 0 Å². The molecule has 16 heavy (non-hydrogen) atoms. The first-order chi connectivity index (χ1) is 7.58. The number of carboxylic acid groups (broad SMARTS) is 1. The highest BCUT2D eigenvalue weighted by Gasteiger charge is 2.14. The van der Waals surface area contributed by atoms with E-state index in [1.807, 2.05) is 12.3 Å². The standard InChI is InChI=1S/C10H11N3O2S/c1-6-5-16-9(12-6)4-13-7(2)11-3-8(13)10(14)15/h3,5H,4H2,1-2H3,(H,14,15). The number of hydrogen-bond donors (Lipinski definition) is 1. The fourth-order valence-electron chi connectivity index (χ4n) is 1.45. The lowest BCUT2D eigenvalue weighted by Crippen LogP contribution is -2.10. The lowest BCUT2D eigenvalue weighted by Gasteiger charge is -2.04. The Morgan fingerprint density at radius 2 is 2.31 bits per heavy atom. The van der Waals surface area contributed by atoms with Gasteiger partial charge in [0.15, 0.2) is 0 Å². The molecule has 0 saturated carbocycles. The number of thiazole rings is 1. The van der Waals surface area contributed by atoms with Gasteiger partial charge in [-0.25, -0.2) is 14.8 Å². The molecular weight excluding hydrogens is 226 g/mol. The number of rotatable bonds is 3. The SMILES string of the molecule is Cc1csc(Cn2c(C(=O)O)cnc2C)n1. The smallest absolute Gasteiger partial charge is 0.354 e. The third kappa shape index (κ3) is 1.96. The van der Waals surface area contributed by atoms with Gasteiger partial charge >= 0.3 is 5.97 Å². The molecule has 1 N–H and O–H groups in total. The predicted octanol–water partition coefficient (Wildman–Crippen LogP) is 1.70. The molecule has 5 nitrogen and oxygen atoms in total. The van der Waals surface area contributed by atoms with Gasteiger partial charge in [0.2, 0.25) is 0 Å². The van der Waals surface area contributed by atoms with Crippen molar-refractivity contribution in [1.82, 2.24) is 14.5 Å². The van der Waals surface area contributed by atoms with Crippen LogP contribution in [0.4, 0.5) is 0 Å². The molecule has 6 heteroatoms. The van der Waals surface area contributed by atoms with Gasteiger partial charge in [-0.1, -0.05) is 0 Å². The predicted molar refractivity (Wildman–Crippen MR) is 59.9 cm³/mol. The van der Waals surface area contributed by atoms with Crippen molar-refractivity contribution in [3.05, 3.63) is 33.8 Å². The lowest BCUT2D eigenvalue weighted by molar-refractivity contribution is 0.0685. The monoisotopic (exact) mass is 237 g/mol. The molecule has 0 unspecified atom stereocenters. The molecule has 0 bridgehead atoms. The van der Waals surface area contributed by atoms with Crippen molar-refractivity contribution in [3.8, 4) is 0 Å². The second kappa shape index (κ2) is 4.05. The fourth-order valence-corrected chi connectivity index (χ4v) is 2.21. The van der Waals surface area contributed by atoms with Crippen molar-refractivity contribution < 1.29 is 9.90 Å². The summed E-state index contributed by atoms with van der Waals surface area (Å²) in [4.78, 5) is 19.3. The van der Waals surface area contributed by atoms with Crippen LogP contribution in [-0.4, -0.2) is 25.6 Å². The Balaban J connectivity index is 2.33. The number of hydrogen-bond acceptors (Lipinski definition) is 4. The fraction of sp³-hybridized carbons (Fsp3) is 0.300. The van der Waals surface area contributed by atoms with Crippen LogP contribution in [0.25, 0.3) is 0 Å². The normalized spacial score (nSPS) is 10.6. The largest absolute Gasteiger partial charge is 0.477 e. The van der Waals surface area contributed by atoms with E-state index in [1.54, 1.807) is 11.5 Å². The van der Waals surface area contributed by atoms with E-state index in [9.17, 15) is 4.79 Å². The average Bonchev–Trinajstić information content (AvgIpc) is 2.76. The summed E-state index contributed by atoms with van der Waals surface area (Å²) in [7, 11) is 0. The van der Waals surface area contributed by atoms with Crippen LogP contribution >= 0.6 is 11.3 Å².